The van der Waals surface area contributed by atoms with Crippen LogP contribution in [0.2, 0.25) is 0 Å². The number of fused-ring (bicyclic) bond motifs is 3. The van der Waals surface area contributed by atoms with Gasteiger partial charge < -0.3 is 0 Å². The van der Waals surface area contributed by atoms with Gasteiger partial charge in [-0.05, 0) is 0 Å². The molecule has 0 N–H and O–H groups in total. The van der Waals surface area contributed by atoms with Gasteiger partial charge in [0.15, 0.2) is 0 Å². The molecule has 0 aliphatic rings. The molecule has 0 radical (unpaired) electrons. The van der Waals surface area contributed by atoms with Gasteiger partial charge in [0.05, 0.1) is 0 Å². The first-order valence-corrected chi connectivity index (χ1v) is 11.7. The SMILES string of the molecule is Cc1cc2cc3cc4cc(-c5ccccc5)[se]c4cc3cc2[te]1. The molecule has 110 valence electrons. The van der Waals surface area contributed by atoms with Crippen LogP contribution in [-0.2, 0) is 0 Å². The molecule has 5 aromatic rings. The maximum absolute atomic E-state index is 2.46. The quantitative estimate of drug-likeness (QED) is 0.293. The Hall–Kier alpha value is -1.29. The summed E-state index contributed by atoms with van der Waals surface area (Å²) in [6.45, 7) is 2.28. The van der Waals surface area contributed by atoms with Crippen molar-refractivity contribution in [3.8, 4) is 10.0 Å². The zero-order chi connectivity index (χ0) is 15.4. The molecule has 0 nitrogen and oxygen atoms in total. The van der Waals surface area contributed by atoms with Crippen LogP contribution in [0.15, 0.2) is 66.7 Å². The van der Waals surface area contributed by atoms with Gasteiger partial charge in [-0.3, -0.25) is 0 Å². The number of aryl methyl sites for hydroxylation is 1. The van der Waals surface area contributed by atoms with E-state index >= 15 is 0 Å². The van der Waals surface area contributed by atoms with Crippen molar-refractivity contribution in [2.45, 2.75) is 6.92 Å². The van der Waals surface area contributed by atoms with E-state index in [0.717, 1.165) is 0 Å². The topological polar surface area (TPSA) is 0 Å². The van der Waals surface area contributed by atoms with E-state index in [4.69, 9.17) is 0 Å². The average Bonchev–Trinajstić information content (AvgIpc) is 3.12. The minimum atomic E-state index is -0.101. The molecule has 23 heavy (non-hydrogen) atoms. The third-order valence-corrected chi connectivity index (χ3v) is 9.59. The van der Waals surface area contributed by atoms with Crippen LogP contribution in [0.4, 0.5) is 0 Å². The first kappa shape index (κ1) is 14.1. The third-order valence-electron chi connectivity index (χ3n) is 4.29. The molecule has 2 heterocycles. The standard InChI is InChI=1S/C21H14SeTe/c1-13-7-18-9-15-8-17-11-19(14-5-3-2-4-6-14)22-20(17)10-16(15)12-21(18)23-13/h2-12H,1H3. The van der Waals surface area contributed by atoms with E-state index in [2.05, 4.69) is 73.7 Å². The van der Waals surface area contributed by atoms with Crippen molar-refractivity contribution in [1.82, 2.24) is 0 Å². The minimum absolute atomic E-state index is 0.101. The molecule has 0 spiro atoms. The summed E-state index contributed by atoms with van der Waals surface area (Å²) in [5, 5.41) is 5.71. The second-order valence-electron chi connectivity index (χ2n) is 5.96. The summed E-state index contributed by atoms with van der Waals surface area (Å²) in [7, 11) is 0. The van der Waals surface area contributed by atoms with Gasteiger partial charge in [0.25, 0.3) is 0 Å². The van der Waals surface area contributed by atoms with Crippen molar-refractivity contribution in [3.05, 3.63) is 70.3 Å². The van der Waals surface area contributed by atoms with Gasteiger partial charge >= 0.3 is 151 Å². The molecule has 0 aliphatic carbocycles. The molecule has 0 atom stereocenters. The van der Waals surface area contributed by atoms with Crippen molar-refractivity contribution >= 4 is 64.1 Å². The van der Waals surface area contributed by atoms with Crippen LogP contribution in [0.3, 0.4) is 0 Å². The second kappa shape index (κ2) is 5.37. The van der Waals surface area contributed by atoms with E-state index < -0.39 is 0 Å². The summed E-state index contributed by atoms with van der Waals surface area (Å²) < 4.78 is 6.25. The molecule has 0 fully saturated rings. The van der Waals surface area contributed by atoms with Crippen LogP contribution in [-0.4, -0.2) is 34.9 Å². The summed E-state index contributed by atoms with van der Waals surface area (Å²) in [5.74, 6) is 0. The van der Waals surface area contributed by atoms with Crippen LogP contribution < -0.4 is 0 Å². The Balaban J connectivity index is 1.77. The van der Waals surface area contributed by atoms with Gasteiger partial charge in [-0.1, -0.05) is 0 Å². The predicted octanol–water partition coefficient (Wildman–Crippen LogP) is 5.24. The van der Waals surface area contributed by atoms with Crippen molar-refractivity contribution in [3.63, 3.8) is 0 Å². The summed E-state index contributed by atoms with van der Waals surface area (Å²) in [5.41, 5.74) is 1.38. The van der Waals surface area contributed by atoms with Gasteiger partial charge in [0.1, 0.15) is 0 Å². The normalized spacial score (nSPS) is 11.7. The van der Waals surface area contributed by atoms with E-state index in [1.54, 1.807) is 6.98 Å². The Morgan fingerprint density at radius 3 is 2.39 bits per heavy atom. The molecule has 0 saturated carbocycles. The zero-order valence-electron chi connectivity index (χ0n) is 12.7. The summed E-state index contributed by atoms with van der Waals surface area (Å²) in [6.07, 6.45) is 0. The predicted molar refractivity (Wildman–Crippen MR) is 103 cm³/mol. The van der Waals surface area contributed by atoms with Crippen LogP contribution in [0.5, 0.6) is 0 Å². The average molecular weight is 473 g/mol. The molecule has 5 rings (SSSR count). The third kappa shape index (κ3) is 2.42. The molecular weight excluding hydrogens is 459 g/mol. The molecule has 3 aromatic carbocycles. The van der Waals surface area contributed by atoms with E-state index in [0.29, 0.717) is 14.5 Å². The van der Waals surface area contributed by atoms with Crippen molar-refractivity contribution < 1.29 is 0 Å². The summed E-state index contributed by atoms with van der Waals surface area (Å²) >= 11 is 0.324. The molecule has 0 aliphatic heterocycles. The van der Waals surface area contributed by atoms with E-state index in [9.17, 15) is 0 Å². The Morgan fingerprint density at radius 1 is 0.739 bits per heavy atom. The van der Waals surface area contributed by atoms with Crippen LogP contribution in [0.1, 0.15) is 3.58 Å². The summed E-state index contributed by atoms with van der Waals surface area (Å²) in [6, 6.07) is 25.3. The van der Waals surface area contributed by atoms with Crippen molar-refractivity contribution in [2.75, 3.05) is 0 Å². The van der Waals surface area contributed by atoms with E-state index in [1.807, 2.05) is 0 Å². The first-order chi connectivity index (χ1) is 11.3. The Kier molecular flexibility index (Phi) is 3.29. The van der Waals surface area contributed by atoms with Gasteiger partial charge in [0.2, 0.25) is 0 Å². The number of hydrogen-bond acceptors (Lipinski definition) is 0. The Labute approximate surface area is 150 Å². The van der Waals surface area contributed by atoms with Crippen LogP contribution >= 0.6 is 0 Å². The number of benzene rings is 3. The molecule has 0 amide bonds. The molecule has 0 bridgehead atoms. The summed E-state index contributed by atoms with van der Waals surface area (Å²) in [4.78, 5) is 0. The molecule has 2 aromatic heterocycles. The van der Waals surface area contributed by atoms with Crippen LogP contribution in [0.25, 0.3) is 39.2 Å². The van der Waals surface area contributed by atoms with Gasteiger partial charge in [-0.15, -0.1) is 0 Å². The first-order valence-electron chi connectivity index (χ1n) is 7.69. The maximum atomic E-state index is 2.46. The molecular formula is C21H14SeTe. The van der Waals surface area contributed by atoms with Crippen molar-refractivity contribution in [2.24, 2.45) is 0 Å². The van der Waals surface area contributed by atoms with E-state index in [-0.39, 0.29) is 20.4 Å². The Bertz CT molecular complexity index is 1090. The number of hydrogen-bond donors (Lipinski definition) is 0. The Morgan fingerprint density at radius 2 is 1.52 bits per heavy atom. The molecule has 2 heteroatoms. The van der Waals surface area contributed by atoms with Gasteiger partial charge in [-0.2, -0.15) is 0 Å². The van der Waals surface area contributed by atoms with Gasteiger partial charge in [0, 0.05) is 0 Å². The monoisotopic (exact) mass is 476 g/mol. The second-order valence-corrected chi connectivity index (χ2v) is 11.9. The van der Waals surface area contributed by atoms with Crippen molar-refractivity contribution in [1.29, 1.82) is 0 Å². The fraction of sp³-hybridized carbons (Fsp3) is 0.0476. The molecule has 0 unspecified atom stereocenters. The zero-order valence-corrected chi connectivity index (χ0v) is 16.7. The molecule has 0 saturated heterocycles. The fourth-order valence-electron chi connectivity index (χ4n) is 3.20. The van der Waals surface area contributed by atoms with E-state index in [1.165, 1.54) is 35.8 Å². The van der Waals surface area contributed by atoms with Crippen LogP contribution in [0, 0.1) is 6.92 Å². The number of rotatable bonds is 1. The fourth-order valence-corrected chi connectivity index (χ4v) is 8.23. The van der Waals surface area contributed by atoms with Gasteiger partial charge in [-0.25, -0.2) is 0 Å².